The first kappa shape index (κ1) is 27.1. The van der Waals surface area contributed by atoms with Gasteiger partial charge < -0.3 is 24.6 Å². The third-order valence-electron chi connectivity index (χ3n) is 4.59. The quantitative estimate of drug-likeness (QED) is 0.282. The largest absolute Gasteiger partial charge is 0.573 e. The molecule has 1 aromatic heterocycles. The second-order valence-corrected chi connectivity index (χ2v) is 7.11. The Balaban J connectivity index is 0.00000480. The van der Waals surface area contributed by atoms with E-state index in [4.69, 9.17) is 0 Å². The van der Waals surface area contributed by atoms with Crippen LogP contribution in [0.4, 0.5) is 13.2 Å². The van der Waals surface area contributed by atoms with Crippen LogP contribution < -0.4 is 10.1 Å². The van der Waals surface area contributed by atoms with Crippen LogP contribution in [0.2, 0.25) is 0 Å². The number of nitrogens with one attached hydrogen (secondary N) is 1. The highest BCUT2D eigenvalue weighted by molar-refractivity contribution is 14.0. The molecule has 1 aromatic carbocycles. The number of benzene rings is 1. The number of aryl methyl sites for hydroxylation is 1. The van der Waals surface area contributed by atoms with Gasteiger partial charge in [-0.2, -0.15) is 0 Å². The van der Waals surface area contributed by atoms with Gasteiger partial charge in [-0.3, -0.25) is 4.99 Å². The van der Waals surface area contributed by atoms with Gasteiger partial charge in [-0.1, -0.05) is 12.1 Å². The van der Waals surface area contributed by atoms with Crippen LogP contribution in [0.1, 0.15) is 18.2 Å². The van der Waals surface area contributed by atoms with Crippen molar-refractivity contribution in [2.24, 2.45) is 18.0 Å². The molecule has 0 saturated heterocycles. The molecule has 2 aromatic rings. The molecule has 0 radical (unpaired) electrons. The number of alkyl halides is 3. The monoisotopic (exact) mass is 554 g/mol. The van der Waals surface area contributed by atoms with E-state index >= 15 is 0 Å². The Morgan fingerprint density at radius 1 is 1.26 bits per heavy atom. The second kappa shape index (κ2) is 12.8. The molecule has 6 nitrogen and oxygen atoms in total. The number of hydrogen-bond donors (Lipinski definition) is 2. The Kier molecular flexibility index (Phi) is 11.2. The molecule has 0 aliphatic rings. The number of aliphatic hydroxyl groups excluding tert-OH is 1. The van der Waals surface area contributed by atoms with Crippen LogP contribution in [0.15, 0.2) is 47.6 Å². The van der Waals surface area contributed by atoms with Gasteiger partial charge in [-0.25, -0.2) is 0 Å². The van der Waals surface area contributed by atoms with Gasteiger partial charge in [-0.15, -0.1) is 37.1 Å². The molecule has 0 fully saturated rings. The SMILES string of the molecule is CCNC(=NCC(CO)Cc1ccc(OC(F)(F)F)cc1)N(C)Cc1cccn1C.I. The molecule has 10 heteroatoms. The van der Waals surface area contributed by atoms with Crippen LogP contribution >= 0.6 is 24.0 Å². The summed E-state index contributed by atoms with van der Waals surface area (Å²) in [4.78, 5) is 6.66. The molecule has 1 atom stereocenters. The van der Waals surface area contributed by atoms with Gasteiger partial charge in [0.2, 0.25) is 0 Å². The van der Waals surface area contributed by atoms with E-state index in [0.29, 0.717) is 26.1 Å². The zero-order chi connectivity index (χ0) is 22.1. The number of halogens is 4. The van der Waals surface area contributed by atoms with Crippen molar-refractivity contribution in [2.45, 2.75) is 26.3 Å². The molecule has 0 aliphatic heterocycles. The molecular weight excluding hydrogens is 524 g/mol. The van der Waals surface area contributed by atoms with Crippen LogP contribution in [0.5, 0.6) is 5.75 Å². The topological polar surface area (TPSA) is 62.0 Å². The molecule has 0 saturated carbocycles. The predicted molar refractivity (Wildman–Crippen MR) is 126 cm³/mol. The highest BCUT2D eigenvalue weighted by atomic mass is 127. The Bertz CT molecular complexity index is 810. The average molecular weight is 554 g/mol. The normalized spacial score (nSPS) is 12.8. The Labute approximate surface area is 198 Å². The third-order valence-corrected chi connectivity index (χ3v) is 4.59. The van der Waals surface area contributed by atoms with Crippen molar-refractivity contribution < 1.29 is 23.0 Å². The number of aromatic nitrogens is 1. The van der Waals surface area contributed by atoms with E-state index in [1.54, 1.807) is 12.1 Å². The molecule has 0 spiro atoms. The van der Waals surface area contributed by atoms with Crippen LogP contribution in [0.3, 0.4) is 0 Å². The van der Waals surface area contributed by atoms with Gasteiger partial charge in [0.1, 0.15) is 5.75 Å². The van der Waals surface area contributed by atoms with Crippen molar-refractivity contribution >= 4 is 29.9 Å². The van der Waals surface area contributed by atoms with Crippen LogP contribution in [-0.4, -0.2) is 53.6 Å². The molecule has 31 heavy (non-hydrogen) atoms. The first-order valence-electron chi connectivity index (χ1n) is 9.77. The van der Waals surface area contributed by atoms with E-state index in [1.165, 1.54) is 12.1 Å². The van der Waals surface area contributed by atoms with Crippen LogP contribution in [0, 0.1) is 5.92 Å². The van der Waals surface area contributed by atoms with E-state index in [1.807, 2.05) is 48.8 Å². The van der Waals surface area contributed by atoms with Crippen LogP contribution in [-0.2, 0) is 20.0 Å². The summed E-state index contributed by atoms with van der Waals surface area (Å²) in [5, 5.41) is 13.0. The Morgan fingerprint density at radius 3 is 2.45 bits per heavy atom. The van der Waals surface area contributed by atoms with Crippen molar-refractivity contribution in [1.82, 2.24) is 14.8 Å². The molecule has 0 aliphatic carbocycles. The molecule has 0 bridgehead atoms. The van der Waals surface area contributed by atoms with Gasteiger partial charge >= 0.3 is 6.36 Å². The standard InChI is InChI=1S/C21H29F3N4O2.HI/c1-4-25-20(28(3)14-18-6-5-11-27(18)2)26-13-17(15-29)12-16-7-9-19(10-8-16)30-21(22,23)24;/h5-11,17,29H,4,12-15H2,1-3H3,(H,25,26);1H. The second-order valence-electron chi connectivity index (χ2n) is 7.11. The Hall–Kier alpha value is -1.95. The van der Waals surface area contributed by atoms with E-state index in [-0.39, 0.29) is 42.3 Å². The number of aliphatic hydroxyl groups is 1. The van der Waals surface area contributed by atoms with Gasteiger partial charge in [0.05, 0.1) is 6.54 Å². The lowest BCUT2D eigenvalue weighted by Gasteiger charge is -2.23. The zero-order valence-corrected chi connectivity index (χ0v) is 20.2. The van der Waals surface area contributed by atoms with Crippen molar-refractivity contribution in [1.29, 1.82) is 0 Å². The molecule has 1 heterocycles. The van der Waals surface area contributed by atoms with E-state index in [9.17, 15) is 18.3 Å². The molecule has 2 N–H and O–H groups in total. The minimum Gasteiger partial charge on any atom is -0.406 e. The molecular formula is C21H30F3IN4O2. The number of nitrogens with zero attached hydrogens (tertiary/aromatic N) is 3. The fourth-order valence-electron chi connectivity index (χ4n) is 3.01. The van der Waals surface area contributed by atoms with Crippen molar-refractivity contribution in [2.75, 3.05) is 26.7 Å². The van der Waals surface area contributed by atoms with Gasteiger partial charge in [0.25, 0.3) is 0 Å². The summed E-state index contributed by atoms with van der Waals surface area (Å²) in [6.45, 7) is 3.68. The minimum atomic E-state index is -4.71. The fourth-order valence-corrected chi connectivity index (χ4v) is 3.01. The Morgan fingerprint density at radius 2 is 1.94 bits per heavy atom. The molecule has 2 rings (SSSR count). The van der Waals surface area contributed by atoms with Gasteiger partial charge in [0.15, 0.2) is 5.96 Å². The molecule has 1 unspecified atom stereocenters. The average Bonchev–Trinajstić information content (AvgIpc) is 3.08. The summed E-state index contributed by atoms with van der Waals surface area (Å²) in [5.41, 5.74) is 1.95. The number of aliphatic imine (C=N–C) groups is 1. The lowest BCUT2D eigenvalue weighted by Crippen LogP contribution is -2.39. The summed E-state index contributed by atoms with van der Waals surface area (Å²) in [6.07, 6.45) is -2.23. The number of guanidine groups is 1. The van der Waals surface area contributed by atoms with Crippen molar-refractivity contribution in [3.05, 3.63) is 53.9 Å². The highest BCUT2D eigenvalue weighted by Crippen LogP contribution is 2.23. The minimum absolute atomic E-state index is 0. The van der Waals surface area contributed by atoms with E-state index in [2.05, 4.69) is 15.0 Å². The number of rotatable bonds is 9. The first-order chi connectivity index (χ1) is 14.2. The lowest BCUT2D eigenvalue weighted by molar-refractivity contribution is -0.274. The van der Waals surface area contributed by atoms with Crippen LogP contribution in [0.25, 0.3) is 0 Å². The number of ether oxygens (including phenoxy) is 1. The fraction of sp³-hybridized carbons (Fsp3) is 0.476. The smallest absolute Gasteiger partial charge is 0.406 e. The van der Waals surface area contributed by atoms with E-state index in [0.717, 1.165) is 17.2 Å². The van der Waals surface area contributed by atoms with Gasteiger partial charge in [0, 0.05) is 51.6 Å². The molecule has 0 amide bonds. The number of hydrogen-bond acceptors (Lipinski definition) is 3. The zero-order valence-electron chi connectivity index (χ0n) is 17.9. The maximum atomic E-state index is 12.3. The first-order valence-corrected chi connectivity index (χ1v) is 9.77. The van der Waals surface area contributed by atoms with Crippen molar-refractivity contribution in [3.8, 4) is 5.75 Å². The maximum Gasteiger partial charge on any atom is 0.573 e. The lowest BCUT2D eigenvalue weighted by atomic mass is 10.0. The summed E-state index contributed by atoms with van der Waals surface area (Å²) in [6, 6.07) is 9.72. The maximum absolute atomic E-state index is 12.3. The predicted octanol–water partition coefficient (Wildman–Crippen LogP) is 3.79. The molecule has 174 valence electrons. The summed E-state index contributed by atoms with van der Waals surface area (Å²) < 4.78 is 42.7. The summed E-state index contributed by atoms with van der Waals surface area (Å²) in [5.74, 6) is 0.309. The third kappa shape index (κ3) is 9.38. The van der Waals surface area contributed by atoms with Crippen molar-refractivity contribution in [3.63, 3.8) is 0 Å². The van der Waals surface area contributed by atoms with E-state index < -0.39 is 6.36 Å². The highest BCUT2D eigenvalue weighted by Gasteiger charge is 2.31. The van der Waals surface area contributed by atoms with Gasteiger partial charge in [-0.05, 0) is 43.2 Å². The summed E-state index contributed by atoms with van der Waals surface area (Å²) in [7, 11) is 3.93. The summed E-state index contributed by atoms with van der Waals surface area (Å²) >= 11 is 0.